The van der Waals surface area contributed by atoms with Gasteiger partial charge in [0.05, 0.1) is 12.1 Å². The summed E-state index contributed by atoms with van der Waals surface area (Å²) < 4.78 is 43.1. The number of halogens is 4. The normalized spacial score (nSPS) is 17.6. The number of benzene rings is 1. The summed E-state index contributed by atoms with van der Waals surface area (Å²) in [6.07, 6.45) is -2.56. The molecular formula is C17H16ClF3O4. The van der Waals surface area contributed by atoms with E-state index in [4.69, 9.17) is 16.3 Å². The number of alkyl halides is 3. The molecule has 2 rings (SSSR count). The third-order valence-electron chi connectivity index (χ3n) is 3.86. The van der Waals surface area contributed by atoms with Gasteiger partial charge in [0.2, 0.25) is 0 Å². The number of ether oxygens (including phenoxy) is 1. The smallest absolute Gasteiger partial charge is 0.454 e. The van der Waals surface area contributed by atoms with Crippen molar-refractivity contribution in [3.63, 3.8) is 0 Å². The lowest BCUT2D eigenvalue weighted by Gasteiger charge is -2.12. The first-order valence-corrected chi connectivity index (χ1v) is 7.84. The van der Waals surface area contributed by atoms with E-state index in [0.717, 1.165) is 0 Å². The molecule has 0 heterocycles. The number of phenolic OH excluding ortho intramolecular Hbond substituents is 1. The number of aliphatic hydroxyl groups excluding tert-OH is 1. The molecule has 4 nitrogen and oxygen atoms in total. The van der Waals surface area contributed by atoms with E-state index in [2.05, 4.69) is 0 Å². The minimum absolute atomic E-state index is 0.00474. The fourth-order valence-electron chi connectivity index (χ4n) is 2.61. The molecule has 136 valence electrons. The SMILES string of the molecule is COc1cc(/C=C2\CCCCC(C(=O)C(F)(F)F)=C2O)cc(Cl)c1O. The van der Waals surface area contributed by atoms with Crippen molar-refractivity contribution in [2.45, 2.75) is 31.9 Å². The van der Waals surface area contributed by atoms with Crippen molar-refractivity contribution in [3.05, 3.63) is 39.6 Å². The molecule has 2 N–H and O–H groups in total. The molecule has 0 spiro atoms. The second-order valence-corrected chi connectivity index (χ2v) is 5.99. The number of hydrogen-bond acceptors (Lipinski definition) is 4. The Morgan fingerprint density at radius 3 is 2.48 bits per heavy atom. The Balaban J connectivity index is 2.51. The van der Waals surface area contributed by atoms with Gasteiger partial charge in [-0.05, 0) is 55.0 Å². The summed E-state index contributed by atoms with van der Waals surface area (Å²) in [5, 5.41) is 19.9. The first-order chi connectivity index (χ1) is 11.6. The Hall–Kier alpha value is -2.15. The molecule has 0 unspecified atom stereocenters. The molecule has 0 radical (unpaired) electrons. The summed E-state index contributed by atoms with van der Waals surface area (Å²) in [5.41, 5.74) is -0.0103. The Morgan fingerprint density at radius 1 is 1.24 bits per heavy atom. The van der Waals surface area contributed by atoms with Gasteiger partial charge in [-0.15, -0.1) is 0 Å². The van der Waals surface area contributed by atoms with Crippen molar-refractivity contribution >= 4 is 23.5 Å². The third-order valence-corrected chi connectivity index (χ3v) is 4.14. The van der Waals surface area contributed by atoms with Crippen LogP contribution >= 0.6 is 11.6 Å². The van der Waals surface area contributed by atoms with Gasteiger partial charge in [0, 0.05) is 5.57 Å². The zero-order valence-electron chi connectivity index (χ0n) is 13.3. The minimum atomic E-state index is -5.04. The van der Waals surface area contributed by atoms with E-state index in [1.54, 1.807) is 0 Å². The van der Waals surface area contributed by atoms with Gasteiger partial charge in [-0.1, -0.05) is 11.6 Å². The highest BCUT2D eigenvalue weighted by molar-refractivity contribution is 6.32. The number of hydrogen-bond donors (Lipinski definition) is 2. The topological polar surface area (TPSA) is 66.8 Å². The van der Waals surface area contributed by atoms with Crippen LogP contribution in [0.4, 0.5) is 13.2 Å². The number of methoxy groups -OCH3 is 1. The first-order valence-electron chi connectivity index (χ1n) is 7.46. The van der Waals surface area contributed by atoms with Crippen LogP contribution < -0.4 is 4.74 Å². The van der Waals surface area contributed by atoms with E-state index >= 15 is 0 Å². The number of ketones is 1. The van der Waals surface area contributed by atoms with Gasteiger partial charge in [-0.3, -0.25) is 4.79 Å². The van der Waals surface area contributed by atoms with Crippen molar-refractivity contribution < 1.29 is 32.9 Å². The molecule has 1 aromatic carbocycles. The fraction of sp³-hybridized carbons (Fsp3) is 0.353. The largest absolute Gasteiger partial charge is 0.507 e. The molecule has 0 fully saturated rings. The fourth-order valence-corrected chi connectivity index (χ4v) is 2.83. The van der Waals surface area contributed by atoms with Crippen molar-refractivity contribution in [2.24, 2.45) is 0 Å². The zero-order valence-corrected chi connectivity index (χ0v) is 14.0. The van der Waals surface area contributed by atoms with Gasteiger partial charge in [0.1, 0.15) is 5.76 Å². The molecule has 1 aliphatic rings. The molecule has 1 aromatic rings. The number of carbonyl (C=O) groups is 1. The van der Waals surface area contributed by atoms with Gasteiger partial charge < -0.3 is 14.9 Å². The molecule has 8 heteroatoms. The second-order valence-electron chi connectivity index (χ2n) is 5.58. The lowest BCUT2D eigenvalue weighted by molar-refractivity contribution is -0.166. The van der Waals surface area contributed by atoms with Crippen LogP contribution in [0.15, 0.2) is 29.0 Å². The van der Waals surface area contributed by atoms with E-state index in [9.17, 15) is 28.2 Å². The Labute approximate surface area is 147 Å². The summed E-state index contributed by atoms with van der Waals surface area (Å²) in [6.45, 7) is 0. The molecule has 25 heavy (non-hydrogen) atoms. The molecule has 0 bridgehead atoms. The Morgan fingerprint density at radius 2 is 1.88 bits per heavy atom. The molecule has 0 atom stereocenters. The lowest BCUT2D eigenvalue weighted by Crippen LogP contribution is -2.25. The van der Waals surface area contributed by atoms with Gasteiger partial charge in [0.25, 0.3) is 5.78 Å². The van der Waals surface area contributed by atoms with Crippen molar-refractivity contribution in [3.8, 4) is 11.5 Å². The Kier molecular flexibility index (Phi) is 5.67. The maximum Gasteiger partial charge on any atom is 0.454 e. The highest BCUT2D eigenvalue weighted by Crippen LogP contribution is 2.37. The van der Waals surface area contributed by atoms with E-state index in [1.165, 1.54) is 25.3 Å². The summed E-state index contributed by atoms with van der Waals surface area (Å²) in [7, 11) is 1.32. The van der Waals surface area contributed by atoms with Crippen LogP contribution in [0.25, 0.3) is 6.08 Å². The molecule has 0 saturated heterocycles. The maximum absolute atomic E-state index is 12.7. The average Bonchev–Trinajstić information content (AvgIpc) is 2.71. The van der Waals surface area contributed by atoms with Crippen LogP contribution in [0.3, 0.4) is 0 Å². The van der Waals surface area contributed by atoms with Crippen LogP contribution in [0.5, 0.6) is 11.5 Å². The zero-order chi connectivity index (χ0) is 18.8. The summed E-state index contributed by atoms with van der Waals surface area (Å²) in [5.74, 6) is -2.86. The van der Waals surface area contributed by atoms with Crippen molar-refractivity contribution in [1.29, 1.82) is 0 Å². The monoisotopic (exact) mass is 376 g/mol. The number of aliphatic hydroxyl groups is 1. The molecule has 0 amide bonds. The van der Waals surface area contributed by atoms with Crippen molar-refractivity contribution in [1.82, 2.24) is 0 Å². The van der Waals surface area contributed by atoms with E-state index in [0.29, 0.717) is 24.8 Å². The lowest BCUT2D eigenvalue weighted by atomic mass is 10.0. The van der Waals surface area contributed by atoms with Crippen LogP contribution in [0, 0.1) is 0 Å². The number of Topliss-reactive ketones (excluding diaryl/α,β-unsaturated/α-hetero) is 1. The number of aromatic hydroxyl groups is 1. The molecule has 0 aliphatic heterocycles. The molecular weight excluding hydrogens is 361 g/mol. The average molecular weight is 377 g/mol. The summed E-state index contributed by atoms with van der Waals surface area (Å²) in [4.78, 5) is 11.5. The van der Waals surface area contributed by atoms with Crippen LogP contribution in [0.2, 0.25) is 5.02 Å². The maximum atomic E-state index is 12.7. The van der Waals surface area contributed by atoms with Gasteiger partial charge in [-0.25, -0.2) is 0 Å². The number of carbonyl (C=O) groups excluding carboxylic acids is 1. The van der Waals surface area contributed by atoms with Gasteiger partial charge in [0.15, 0.2) is 11.5 Å². The summed E-state index contributed by atoms with van der Waals surface area (Å²) >= 11 is 5.89. The number of rotatable bonds is 3. The summed E-state index contributed by atoms with van der Waals surface area (Å²) in [6, 6.07) is 2.81. The van der Waals surface area contributed by atoms with E-state index in [1.807, 2.05) is 0 Å². The molecule has 0 aromatic heterocycles. The predicted octanol–water partition coefficient (Wildman–Crippen LogP) is 4.96. The van der Waals surface area contributed by atoms with E-state index in [-0.39, 0.29) is 28.5 Å². The van der Waals surface area contributed by atoms with Gasteiger partial charge >= 0.3 is 6.18 Å². The predicted molar refractivity (Wildman–Crippen MR) is 86.8 cm³/mol. The third kappa shape index (κ3) is 4.28. The van der Waals surface area contributed by atoms with E-state index < -0.39 is 23.3 Å². The quantitative estimate of drug-likeness (QED) is 0.782. The standard InChI is InChI=1S/C17H16ClF3O4/c1-25-13-8-9(7-12(18)15(13)23)6-10-4-2-3-5-11(14(10)22)16(24)17(19,20)21/h6-8,22-23H,2-5H2,1H3/b10-6+. The van der Waals surface area contributed by atoms with Crippen molar-refractivity contribution in [2.75, 3.05) is 7.11 Å². The van der Waals surface area contributed by atoms with Gasteiger partial charge in [-0.2, -0.15) is 13.2 Å². The number of allylic oxidation sites excluding steroid dienone is 2. The minimum Gasteiger partial charge on any atom is -0.507 e. The van der Waals surface area contributed by atoms with Crippen LogP contribution in [0.1, 0.15) is 31.2 Å². The highest BCUT2D eigenvalue weighted by Gasteiger charge is 2.42. The second kappa shape index (κ2) is 7.39. The molecule has 0 saturated carbocycles. The van der Waals surface area contributed by atoms with Crippen LogP contribution in [-0.4, -0.2) is 29.3 Å². The van der Waals surface area contributed by atoms with Crippen LogP contribution in [-0.2, 0) is 4.79 Å². The number of phenols is 1. The first kappa shape index (κ1) is 19.2. The Bertz CT molecular complexity index is 751. The molecule has 1 aliphatic carbocycles. The highest BCUT2D eigenvalue weighted by atomic mass is 35.5.